The number of hydrogen-bond donors (Lipinski definition) is 1. The van der Waals surface area contributed by atoms with E-state index in [1.54, 1.807) is 19.1 Å². The van der Waals surface area contributed by atoms with Crippen molar-refractivity contribution in [2.45, 2.75) is 20.3 Å². The minimum atomic E-state index is -0.258. The summed E-state index contributed by atoms with van der Waals surface area (Å²) in [5, 5.41) is 2.92. The summed E-state index contributed by atoms with van der Waals surface area (Å²) in [6.07, 6.45) is 2.12. The molecule has 0 aliphatic heterocycles. The number of imidazole rings is 1. The zero-order valence-electron chi connectivity index (χ0n) is 15.7. The zero-order valence-corrected chi connectivity index (χ0v) is 15.7. The number of nitrogens with one attached hydrogen (secondary N) is 1. The van der Waals surface area contributed by atoms with Crippen molar-refractivity contribution < 1.29 is 9.18 Å². The second kappa shape index (κ2) is 7.27. The third-order valence-corrected chi connectivity index (χ3v) is 4.68. The van der Waals surface area contributed by atoms with Crippen LogP contribution in [0.25, 0.3) is 16.9 Å². The molecule has 2 aromatic carbocycles. The molecule has 4 rings (SSSR count). The predicted molar refractivity (Wildman–Crippen MR) is 109 cm³/mol. The van der Waals surface area contributed by atoms with Crippen LogP contribution in [0.15, 0.2) is 66.9 Å². The Morgan fingerprint density at radius 2 is 1.86 bits per heavy atom. The van der Waals surface area contributed by atoms with Crippen LogP contribution < -0.4 is 5.32 Å². The van der Waals surface area contributed by atoms with E-state index in [1.807, 2.05) is 60.0 Å². The number of halogens is 1. The zero-order chi connectivity index (χ0) is 19.7. The maximum Gasteiger partial charge on any atom is 0.230 e. The van der Waals surface area contributed by atoms with Crippen LogP contribution in [-0.2, 0) is 11.2 Å². The fourth-order valence-electron chi connectivity index (χ4n) is 3.27. The van der Waals surface area contributed by atoms with Gasteiger partial charge in [0.15, 0.2) is 0 Å². The van der Waals surface area contributed by atoms with E-state index in [1.165, 1.54) is 6.07 Å². The SMILES string of the molecule is Cc1ccc2nc(-c3ccc(F)c(C)c3)c(CC(=O)Nc3ccccc3)n2c1. The minimum Gasteiger partial charge on any atom is -0.326 e. The Hall–Kier alpha value is -3.47. The number of aryl methyl sites for hydroxylation is 2. The number of pyridine rings is 1. The van der Waals surface area contributed by atoms with Crippen LogP contribution >= 0.6 is 0 Å². The topological polar surface area (TPSA) is 46.4 Å². The summed E-state index contributed by atoms with van der Waals surface area (Å²) in [5.74, 6) is -0.388. The molecule has 0 bridgehead atoms. The molecular formula is C23H20FN3O. The first kappa shape index (κ1) is 17.9. The van der Waals surface area contributed by atoms with Gasteiger partial charge < -0.3 is 9.72 Å². The van der Waals surface area contributed by atoms with E-state index in [4.69, 9.17) is 4.98 Å². The van der Waals surface area contributed by atoms with Gasteiger partial charge in [0, 0.05) is 17.4 Å². The third-order valence-electron chi connectivity index (χ3n) is 4.68. The second-order valence-electron chi connectivity index (χ2n) is 6.90. The summed E-state index contributed by atoms with van der Waals surface area (Å²) in [4.78, 5) is 17.4. The molecule has 28 heavy (non-hydrogen) atoms. The number of para-hydroxylation sites is 1. The lowest BCUT2D eigenvalue weighted by molar-refractivity contribution is -0.115. The van der Waals surface area contributed by atoms with Gasteiger partial charge in [-0.25, -0.2) is 9.37 Å². The highest BCUT2D eigenvalue weighted by atomic mass is 19.1. The van der Waals surface area contributed by atoms with Crippen molar-refractivity contribution in [3.63, 3.8) is 0 Å². The number of aromatic nitrogens is 2. The molecule has 0 aliphatic carbocycles. The molecule has 0 fully saturated rings. The molecule has 0 unspecified atom stereocenters. The van der Waals surface area contributed by atoms with Crippen molar-refractivity contribution in [1.29, 1.82) is 0 Å². The Bertz CT molecular complexity index is 1170. The monoisotopic (exact) mass is 373 g/mol. The first-order chi connectivity index (χ1) is 13.5. The van der Waals surface area contributed by atoms with Gasteiger partial charge in [-0.05, 0) is 61.4 Å². The van der Waals surface area contributed by atoms with Gasteiger partial charge in [0.1, 0.15) is 11.5 Å². The Kier molecular flexibility index (Phi) is 4.65. The van der Waals surface area contributed by atoms with Crippen LogP contribution in [0.3, 0.4) is 0 Å². The minimum absolute atomic E-state index is 0.130. The standard InChI is InChI=1S/C23H20FN3O/c1-15-8-11-21-26-23(17-9-10-19(24)16(2)12-17)20(27(21)14-15)13-22(28)25-18-6-4-3-5-7-18/h3-12,14H,13H2,1-2H3,(H,25,28). The van der Waals surface area contributed by atoms with Gasteiger partial charge in [-0.1, -0.05) is 24.3 Å². The fourth-order valence-corrected chi connectivity index (χ4v) is 3.27. The van der Waals surface area contributed by atoms with Gasteiger partial charge in [-0.15, -0.1) is 0 Å². The molecule has 5 heteroatoms. The van der Waals surface area contributed by atoms with E-state index < -0.39 is 0 Å². The molecule has 140 valence electrons. The van der Waals surface area contributed by atoms with Gasteiger partial charge in [0.05, 0.1) is 17.8 Å². The number of rotatable bonds is 4. The normalized spacial score (nSPS) is 11.0. The van der Waals surface area contributed by atoms with E-state index in [0.29, 0.717) is 11.3 Å². The molecule has 0 spiro atoms. The van der Waals surface area contributed by atoms with E-state index >= 15 is 0 Å². The largest absolute Gasteiger partial charge is 0.326 e. The number of carbonyl (C=O) groups excluding carboxylic acids is 1. The third kappa shape index (κ3) is 3.51. The van der Waals surface area contributed by atoms with Crippen LogP contribution in [0.2, 0.25) is 0 Å². The molecule has 0 radical (unpaired) electrons. The van der Waals surface area contributed by atoms with Crippen LogP contribution in [0.4, 0.5) is 10.1 Å². The number of benzene rings is 2. The summed E-state index contributed by atoms with van der Waals surface area (Å²) < 4.78 is 15.7. The maximum atomic E-state index is 13.7. The van der Waals surface area contributed by atoms with Gasteiger partial charge in [-0.2, -0.15) is 0 Å². The molecule has 4 nitrogen and oxygen atoms in total. The number of fused-ring (bicyclic) bond motifs is 1. The molecule has 1 amide bonds. The van der Waals surface area contributed by atoms with Crippen molar-refractivity contribution in [3.8, 4) is 11.3 Å². The van der Waals surface area contributed by atoms with Crippen LogP contribution in [0.5, 0.6) is 0 Å². The predicted octanol–water partition coefficient (Wildman–Crippen LogP) is 4.94. The molecule has 0 saturated heterocycles. The van der Waals surface area contributed by atoms with Gasteiger partial charge >= 0.3 is 0 Å². The van der Waals surface area contributed by atoms with Crippen molar-refractivity contribution in [2.24, 2.45) is 0 Å². The molecule has 2 heterocycles. The van der Waals surface area contributed by atoms with Crippen LogP contribution in [0, 0.1) is 19.7 Å². The lowest BCUT2D eigenvalue weighted by Crippen LogP contribution is -2.16. The summed E-state index contributed by atoms with van der Waals surface area (Å²) in [6.45, 7) is 3.72. The van der Waals surface area contributed by atoms with Gasteiger partial charge in [-0.3, -0.25) is 4.79 Å². The van der Waals surface area contributed by atoms with E-state index in [9.17, 15) is 9.18 Å². The first-order valence-electron chi connectivity index (χ1n) is 9.10. The average molecular weight is 373 g/mol. The number of hydrogen-bond acceptors (Lipinski definition) is 2. The quantitative estimate of drug-likeness (QED) is 0.551. The molecular weight excluding hydrogens is 353 g/mol. The molecule has 2 aromatic heterocycles. The molecule has 4 aromatic rings. The summed E-state index contributed by atoms with van der Waals surface area (Å²) in [6, 6.07) is 18.2. The van der Waals surface area contributed by atoms with Crippen molar-refractivity contribution in [1.82, 2.24) is 9.38 Å². The van der Waals surface area contributed by atoms with Gasteiger partial charge in [0.25, 0.3) is 0 Å². The maximum absolute atomic E-state index is 13.7. The lowest BCUT2D eigenvalue weighted by atomic mass is 10.1. The highest BCUT2D eigenvalue weighted by Gasteiger charge is 2.18. The number of nitrogens with zero attached hydrogens (tertiary/aromatic N) is 2. The number of amides is 1. The number of anilines is 1. The Morgan fingerprint density at radius 3 is 2.61 bits per heavy atom. The molecule has 1 N–H and O–H groups in total. The van der Waals surface area contributed by atoms with Crippen LogP contribution in [0.1, 0.15) is 16.8 Å². The number of carbonyl (C=O) groups is 1. The van der Waals surface area contributed by atoms with Gasteiger partial charge in [0.2, 0.25) is 5.91 Å². The van der Waals surface area contributed by atoms with Crippen molar-refractivity contribution >= 4 is 17.2 Å². The second-order valence-corrected chi connectivity index (χ2v) is 6.90. The van der Waals surface area contributed by atoms with Crippen molar-refractivity contribution in [2.75, 3.05) is 5.32 Å². The lowest BCUT2D eigenvalue weighted by Gasteiger charge is -2.08. The first-order valence-corrected chi connectivity index (χ1v) is 9.10. The fraction of sp³-hybridized carbons (Fsp3) is 0.130. The van der Waals surface area contributed by atoms with Crippen molar-refractivity contribution in [3.05, 3.63) is 89.5 Å². The highest BCUT2D eigenvalue weighted by Crippen LogP contribution is 2.27. The summed E-state index contributed by atoms with van der Waals surface area (Å²) in [5.41, 5.74) is 5.38. The average Bonchev–Trinajstić information content (AvgIpc) is 3.02. The Balaban J connectivity index is 1.77. The molecule has 0 aliphatic rings. The smallest absolute Gasteiger partial charge is 0.230 e. The summed E-state index contributed by atoms with van der Waals surface area (Å²) in [7, 11) is 0. The summed E-state index contributed by atoms with van der Waals surface area (Å²) >= 11 is 0. The van der Waals surface area contributed by atoms with E-state index in [2.05, 4.69) is 5.32 Å². The molecule has 0 atom stereocenters. The van der Waals surface area contributed by atoms with E-state index in [0.717, 1.165) is 28.2 Å². The highest BCUT2D eigenvalue weighted by molar-refractivity contribution is 5.93. The molecule has 0 saturated carbocycles. The Morgan fingerprint density at radius 1 is 1.07 bits per heavy atom. The van der Waals surface area contributed by atoms with E-state index in [-0.39, 0.29) is 18.1 Å². The Labute approximate surface area is 162 Å². The van der Waals surface area contributed by atoms with Crippen LogP contribution in [-0.4, -0.2) is 15.3 Å².